The predicted octanol–water partition coefficient (Wildman–Crippen LogP) is 4.49. The number of hydrogen-bond acceptors (Lipinski definition) is 7. The Morgan fingerprint density at radius 1 is 1.33 bits per heavy atom. The number of fused-ring (bicyclic) bond motifs is 3. The zero-order valence-electron chi connectivity index (χ0n) is 15.1. The Bertz CT molecular complexity index is 972. The van der Waals surface area contributed by atoms with E-state index >= 15 is 0 Å². The SMILES string of the molecule is CCCC1Cc2c(sc3nc(SCC(=O)c4ccccc4)nc(N)c23)CO1. The molecule has 0 saturated heterocycles. The van der Waals surface area contributed by atoms with Crippen LogP contribution in [0.25, 0.3) is 10.2 Å². The average Bonchev–Trinajstić information content (AvgIpc) is 3.05. The molecule has 0 fully saturated rings. The van der Waals surface area contributed by atoms with Crippen molar-refractivity contribution >= 4 is 44.9 Å². The van der Waals surface area contributed by atoms with Crippen molar-refractivity contribution in [1.82, 2.24) is 9.97 Å². The number of ketones is 1. The van der Waals surface area contributed by atoms with Crippen LogP contribution >= 0.6 is 23.1 Å². The smallest absolute Gasteiger partial charge is 0.191 e. The topological polar surface area (TPSA) is 78.1 Å². The van der Waals surface area contributed by atoms with E-state index in [2.05, 4.69) is 16.9 Å². The molecule has 1 aliphatic rings. The van der Waals surface area contributed by atoms with E-state index in [0.29, 0.717) is 28.9 Å². The zero-order valence-corrected chi connectivity index (χ0v) is 16.7. The Hall–Kier alpha value is -1.96. The molecule has 0 radical (unpaired) electrons. The molecule has 2 aromatic heterocycles. The standard InChI is InChI=1S/C20H21N3O2S2/c1-2-6-13-9-14-16(10-25-13)27-19-17(14)18(21)22-20(23-19)26-11-15(24)12-7-4-3-5-8-12/h3-5,7-8,13H,2,6,9-11H2,1H3,(H2,21,22,23). The maximum atomic E-state index is 12.3. The number of anilines is 1. The number of rotatable bonds is 6. The van der Waals surface area contributed by atoms with Gasteiger partial charge in [0.2, 0.25) is 0 Å². The summed E-state index contributed by atoms with van der Waals surface area (Å²) in [5, 5.41) is 1.52. The van der Waals surface area contributed by atoms with Gasteiger partial charge >= 0.3 is 0 Å². The van der Waals surface area contributed by atoms with E-state index in [4.69, 9.17) is 10.5 Å². The van der Waals surface area contributed by atoms with E-state index in [-0.39, 0.29) is 11.9 Å². The van der Waals surface area contributed by atoms with E-state index in [1.54, 1.807) is 11.3 Å². The van der Waals surface area contributed by atoms with Crippen molar-refractivity contribution in [3.63, 3.8) is 0 Å². The minimum Gasteiger partial charge on any atom is -0.383 e. The fraction of sp³-hybridized carbons (Fsp3) is 0.350. The Morgan fingerprint density at radius 2 is 2.15 bits per heavy atom. The molecule has 1 atom stereocenters. The highest BCUT2D eigenvalue weighted by molar-refractivity contribution is 7.99. The number of carbonyl (C=O) groups excluding carboxylic acids is 1. The van der Waals surface area contributed by atoms with Crippen LogP contribution in [0.1, 0.15) is 40.6 Å². The molecule has 1 aliphatic heterocycles. The van der Waals surface area contributed by atoms with Crippen LogP contribution in [0.4, 0.5) is 5.82 Å². The van der Waals surface area contributed by atoms with Crippen molar-refractivity contribution in [1.29, 1.82) is 0 Å². The summed E-state index contributed by atoms with van der Waals surface area (Å²) in [7, 11) is 0. The minimum atomic E-state index is 0.0594. The van der Waals surface area contributed by atoms with Gasteiger partial charge in [-0.3, -0.25) is 4.79 Å². The summed E-state index contributed by atoms with van der Waals surface area (Å²) in [4.78, 5) is 23.5. The van der Waals surface area contributed by atoms with Gasteiger partial charge in [0.15, 0.2) is 10.9 Å². The second-order valence-electron chi connectivity index (χ2n) is 6.58. The molecule has 5 nitrogen and oxygen atoms in total. The van der Waals surface area contributed by atoms with Gasteiger partial charge in [0, 0.05) is 16.9 Å². The first-order valence-corrected chi connectivity index (χ1v) is 10.9. The van der Waals surface area contributed by atoms with Crippen molar-refractivity contribution in [3.05, 3.63) is 46.3 Å². The summed E-state index contributed by atoms with van der Waals surface area (Å²) in [6.45, 7) is 2.79. The Balaban J connectivity index is 1.55. The van der Waals surface area contributed by atoms with Gasteiger partial charge in [0.1, 0.15) is 10.6 Å². The van der Waals surface area contributed by atoms with Crippen LogP contribution in [0.3, 0.4) is 0 Å². The van der Waals surface area contributed by atoms with Crippen molar-refractivity contribution in [2.45, 2.75) is 44.1 Å². The number of nitrogens with zero attached hydrogens (tertiary/aromatic N) is 2. The molecular weight excluding hydrogens is 378 g/mol. The van der Waals surface area contributed by atoms with Crippen molar-refractivity contribution < 1.29 is 9.53 Å². The van der Waals surface area contributed by atoms with Gasteiger partial charge in [-0.1, -0.05) is 55.4 Å². The van der Waals surface area contributed by atoms with Crippen molar-refractivity contribution in [2.24, 2.45) is 0 Å². The van der Waals surface area contributed by atoms with Gasteiger partial charge in [-0.2, -0.15) is 0 Å². The third-order valence-corrected chi connectivity index (χ3v) is 6.61. The Labute approximate surface area is 166 Å². The largest absolute Gasteiger partial charge is 0.383 e. The third kappa shape index (κ3) is 3.85. The molecule has 0 aliphatic carbocycles. The molecule has 0 bridgehead atoms. The van der Waals surface area contributed by atoms with E-state index in [9.17, 15) is 4.79 Å². The first-order valence-electron chi connectivity index (χ1n) is 9.06. The van der Waals surface area contributed by atoms with Crippen LogP contribution in [0.5, 0.6) is 0 Å². The molecule has 0 spiro atoms. The number of thiophene rings is 1. The fourth-order valence-corrected chi connectivity index (χ4v) is 5.27. The predicted molar refractivity (Wildman–Crippen MR) is 111 cm³/mol. The highest BCUT2D eigenvalue weighted by Crippen LogP contribution is 2.39. The van der Waals surface area contributed by atoms with Gasteiger partial charge < -0.3 is 10.5 Å². The summed E-state index contributed by atoms with van der Waals surface area (Å²) in [5.41, 5.74) is 8.22. The molecule has 4 rings (SSSR count). The first kappa shape index (κ1) is 18.4. The fourth-order valence-electron chi connectivity index (χ4n) is 3.33. The minimum absolute atomic E-state index is 0.0594. The highest BCUT2D eigenvalue weighted by Gasteiger charge is 2.25. The van der Waals surface area contributed by atoms with Crippen LogP contribution in [-0.2, 0) is 17.8 Å². The average molecular weight is 400 g/mol. The van der Waals surface area contributed by atoms with Crippen LogP contribution in [0.15, 0.2) is 35.5 Å². The quantitative estimate of drug-likeness (QED) is 0.374. The molecule has 0 saturated carbocycles. The number of nitrogen functional groups attached to an aromatic ring is 1. The second kappa shape index (κ2) is 7.96. The lowest BCUT2D eigenvalue weighted by atomic mass is 10.0. The van der Waals surface area contributed by atoms with E-state index in [1.165, 1.54) is 22.2 Å². The zero-order chi connectivity index (χ0) is 18.8. The van der Waals surface area contributed by atoms with E-state index in [0.717, 1.165) is 29.5 Å². The van der Waals surface area contributed by atoms with Gasteiger partial charge in [0.05, 0.1) is 23.8 Å². The first-order chi connectivity index (χ1) is 13.2. The number of hydrogen-bond donors (Lipinski definition) is 1. The normalized spacial score (nSPS) is 16.4. The number of ether oxygens (including phenoxy) is 1. The Kier molecular flexibility index (Phi) is 5.43. The number of nitrogens with two attached hydrogens (primary N) is 1. The number of aromatic nitrogens is 2. The molecule has 3 heterocycles. The van der Waals surface area contributed by atoms with Crippen LogP contribution in [0, 0.1) is 0 Å². The van der Waals surface area contributed by atoms with E-state index < -0.39 is 0 Å². The lowest BCUT2D eigenvalue weighted by Gasteiger charge is -2.22. The maximum absolute atomic E-state index is 12.3. The van der Waals surface area contributed by atoms with Gasteiger partial charge in [-0.15, -0.1) is 11.3 Å². The summed E-state index contributed by atoms with van der Waals surface area (Å²) >= 11 is 2.96. The van der Waals surface area contributed by atoms with Gasteiger partial charge in [-0.05, 0) is 12.0 Å². The lowest BCUT2D eigenvalue weighted by Crippen LogP contribution is -2.21. The maximum Gasteiger partial charge on any atom is 0.191 e. The molecule has 7 heteroatoms. The van der Waals surface area contributed by atoms with Crippen molar-refractivity contribution in [3.8, 4) is 0 Å². The molecule has 3 aromatic rings. The van der Waals surface area contributed by atoms with Gasteiger partial charge in [0.25, 0.3) is 0 Å². The second-order valence-corrected chi connectivity index (χ2v) is 8.61. The number of thioether (sulfide) groups is 1. The van der Waals surface area contributed by atoms with E-state index in [1.807, 2.05) is 30.3 Å². The molecule has 2 N–H and O–H groups in total. The number of benzene rings is 1. The lowest BCUT2D eigenvalue weighted by molar-refractivity contribution is 0.0254. The summed E-state index contributed by atoms with van der Waals surface area (Å²) < 4.78 is 5.94. The van der Waals surface area contributed by atoms with Crippen LogP contribution in [0.2, 0.25) is 0 Å². The number of Topliss-reactive ketones (excluding diaryl/α,β-unsaturated/α-hetero) is 1. The molecular formula is C20H21N3O2S2. The molecule has 140 valence electrons. The summed E-state index contributed by atoms with van der Waals surface area (Å²) in [5.74, 6) is 0.857. The molecule has 1 unspecified atom stereocenters. The molecule has 0 amide bonds. The van der Waals surface area contributed by atoms with Crippen LogP contribution in [-0.4, -0.2) is 27.6 Å². The third-order valence-electron chi connectivity index (χ3n) is 4.66. The summed E-state index contributed by atoms with van der Waals surface area (Å²) in [6.07, 6.45) is 3.27. The molecule has 27 heavy (non-hydrogen) atoms. The van der Waals surface area contributed by atoms with Crippen molar-refractivity contribution in [2.75, 3.05) is 11.5 Å². The Morgan fingerprint density at radius 3 is 2.93 bits per heavy atom. The molecule has 1 aromatic carbocycles. The number of carbonyl (C=O) groups is 1. The van der Waals surface area contributed by atoms with Gasteiger partial charge in [-0.25, -0.2) is 9.97 Å². The van der Waals surface area contributed by atoms with Crippen LogP contribution < -0.4 is 5.73 Å². The highest BCUT2D eigenvalue weighted by atomic mass is 32.2. The summed E-state index contributed by atoms with van der Waals surface area (Å²) in [6, 6.07) is 9.27. The monoisotopic (exact) mass is 399 g/mol.